The van der Waals surface area contributed by atoms with Crippen molar-refractivity contribution in [2.24, 2.45) is 0 Å². The molecule has 0 atom stereocenters. The lowest BCUT2D eigenvalue weighted by atomic mass is 10.2. The van der Waals surface area contributed by atoms with Crippen molar-refractivity contribution in [2.45, 2.75) is 0 Å². The second-order valence-corrected chi connectivity index (χ2v) is 6.68. The summed E-state index contributed by atoms with van der Waals surface area (Å²) in [6.45, 7) is 4.10. The number of benzene rings is 1. The van der Waals surface area contributed by atoms with Crippen LogP contribution in [0.3, 0.4) is 0 Å². The number of aromatic nitrogens is 1. The Morgan fingerprint density at radius 3 is 2.67 bits per heavy atom. The van der Waals surface area contributed by atoms with Crippen molar-refractivity contribution in [3.8, 4) is 0 Å². The third-order valence-corrected chi connectivity index (χ3v) is 4.85. The van der Waals surface area contributed by atoms with Crippen molar-refractivity contribution < 1.29 is 9.69 Å². The molecule has 1 saturated heterocycles. The van der Waals surface area contributed by atoms with E-state index in [1.54, 1.807) is 0 Å². The number of amides is 1. The molecule has 1 aromatic carbocycles. The van der Waals surface area contributed by atoms with E-state index < -0.39 is 0 Å². The average Bonchev–Trinajstić information content (AvgIpc) is 2.58. The second-order valence-electron chi connectivity index (χ2n) is 5.91. The summed E-state index contributed by atoms with van der Waals surface area (Å²) in [5.74, 6) is -0.256. The first kappa shape index (κ1) is 17.0. The Kier molecular flexibility index (Phi) is 5.23. The van der Waals surface area contributed by atoms with Gasteiger partial charge in [0.15, 0.2) is 0 Å². The Morgan fingerprint density at radius 1 is 1.25 bits per heavy atom. The van der Waals surface area contributed by atoms with Crippen molar-refractivity contribution in [1.82, 2.24) is 4.98 Å². The number of halogens is 2. The van der Waals surface area contributed by atoms with Gasteiger partial charge in [-0.25, -0.2) is 4.98 Å². The predicted molar refractivity (Wildman–Crippen MR) is 97.5 cm³/mol. The second kappa shape index (κ2) is 7.38. The number of anilines is 2. The maximum absolute atomic E-state index is 12.5. The highest BCUT2D eigenvalue weighted by Gasteiger charge is 2.20. The van der Waals surface area contributed by atoms with Crippen molar-refractivity contribution in [2.75, 3.05) is 43.4 Å². The van der Waals surface area contributed by atoms with Gasteiger partial charge in [-0.05, 0) is 18.2 Å². The summed E-state index contributed by atoms with van der Waals surface area (Å²) in [4.78, 5) is 20.2. The van der Waals surface area contributed by atoms with Crippen molar-refractivity contribution in [3.05, 3.63) is 52.3 Å². The number of nitrogens with zero attached hydrogens (tertiary/aromatic N) is 2. The van der Waals surface area contributed by atoms with Gasteiger partial charge in [0.05, 0.1) is 55.2 Å². The summed E-state index contributed by atoms with van der Waals surface area (Å²) >= 11 is 11.7. The summed E-state index contributed by atoms with van der Waals surface area (Å²) < 4.78 is 0. The van der Waals surface area contributed by atoms with E-state index in [0.29, 0.717) is 5.56 Å². The highest BCUT2D eigenvalue weighted by molar-refractivity contribution is 6.41. The average molecular weight is 366 g/mol. The Bertz CT molecular complexity index is 745. The predicted octanol–water partition coefficient (Wildman–Crippen LogP) is 1.98. The van der Waals surface area contributed by atoms with Gasteiger partial charge in [0.2, 0.25) is 0 Å². The van der Waals surface area contributed by atoms with Crippen LogP contribution in [0.4, 0.5) is 11.4 Å². The number of carbonyl (C=O) groups is 1. The van der Waals surface area contributed by atoms with Gasteiger partial charge in [-0.3, -0.25) is 4.79 Å². The minimum atomic E-state index is -0.256. The first-order chi connectivity index (χ1) is 11.5. The van der Waals surface area contributed by atoms with E-state index in [1.165, 1.54) is 17.2 Å². The summed E-state index contributed by atoms with van der Waals surface area (Å²) in [5.41, 5.74) is 2.20. The van der Waals surface area contributed by atoms with Crippen molar-refractivity contribution in [3.63, 3.8) is 0 Å². The SMILES string of the molecule is C[NH+]1CCN(c2ccccc2NC(=O)c2cnc(Cl)c(Cl)c2)CC1. The molecular weight excluding hydrogens is 347 g/mol. The molecule has 0 spiro atoms. The Labute approximate surface area is 151 Å². The quantitative estimate of drug-likeness (QED) is 0.817. The molecule has 7 heteroatoms. The lowest BCUT2D eigenvalue weighted by Crippen LogP contribution is -3.12. The maximum atomic E-state index is 12.5. The van der Waals surface area contributed by atoms with Crippen LogP contribution in [0.5, 0.6) is 0 Å². The molecule has 0 aliphatic carbocycles. The lowest BCUT2D eigenvalue weighted by Gasteiger charge is -2.33. The van der Waals surface area contributed by atoms with Crippen molar-refractivity contribution in [1.29, 1.82) is 0 Å². The van der Waals surface area contributed by atoms with Crippen LogP contribution in [-0.2, 0) is 0 Å². The molecule has 0 bridgehead atoms. The van der Waals surface area contributed by atoms with Gasteiger partial charge in [-0.1, -0.05) is 35.3 Å². The van der Waals surface area contributed by atoms with E-state index >= 15 is 0 Å². The van der Waals surface area contributed by atoms with E-state index in [2.05, 4.69) is 22.2 Å². The molecule has 1 aromatic heterocycles. The van der Waals surface area contributed by atoms with E-state index in [1.807, 2.05) is 24.3 Å². The number of hydrogen-bond acceptors (Lipinski definition) is 3. The number of nitrogens with one attached hydrogen (secondary N) is 2. The molecule has 2 N–H and O–H groups in total. The van der Waals surface area contributed by atoms with Gasteiger partial charge < -0.3 is 15.1 Å². The van der Waals surface area contributed by atoms with E-state index in [9.17, 15) is 4.79 Å². The van der Waals surface area contributed by atoms with Crippen LogP contribution in [0, 0.1) is 0 Å². The van der Waals surface area contributed by atoms with Crippen LogP contribution < -0.4 is 15.1 Å². The minimum Gasteiger partial charge on any atom is -0.359 e. The first-order valence-electron chi connectivity index (χ1n) is 7.82. The number of pyridine rings is 1. The standard InChI is InChI=1S/C17H18Cl2N4O/c1-22-6-8-23(9-7-22)15-5-3-2-4-14(15)21-17(24)12-10-13(18)16(19)20-11-12/h2-5,10-11H,6-9H2,1H3,(H,21,24)/p+1. The van der Waals surface area contributed by atoms with E-state index in [-0.39, 0.29) is 16.1 Å². The molecule has 3 rings (SSSR count). The van der Waals surface area contributed by atoms with Crippen LogP contribution in [0.1, 0.15) is 10.4 Å². The molecule has 0 radical (unpaired) electrons. The molecule has 5 nitrogen and oxygen atoms in total. The maximum Gasteiger partial charge on any atom is 0.257 e. The van der Waals surface area contributed by atoms with Gasteiger partial charge in [-0.2, -0.15) is 0 Å². The molecule has 0 saturated carbocycles. The molecule has 126 valence electrons. The zero-order chi connectivity index (χ0) is 17.1. The summed E-state index contributed by atoms with van der Waals surface area (Å²) in [6.07, 6.45) is 1.42. The normalized spacial score (nSPS) is 15.4. The fraction of sp³-hybridized carbons (Fsp3) is 0.294. The monoisotopic (exact) mass is 365 g/mol. The van der Waals surface area contributed by atoms with Crippen LogP contribution in [0.2, 0.25) is 10.2 Å². The molecular formula is C17H19Cl2N4O+. The molecule has 1 aliphatic rings. The summed E-state index contributed by atoms with van der Waals surface area (Å²) in [6, 6.07) is 9.35. The van der Waals surface area contributed by atoms with E-state index in [4.69, 9.17) is 23.2 Å². The number of likely N-dealkylation sites (N-methyl/N-ethyl adjacent to an activating group) is 1. The third-order valence-electron chi connectivity index (χ3n) is 4.17. The van der Waals surface area contributed by atoms with Gasteiger partial charge >= 0.3 is 0 Å². The number of para-hydroxylation sites is 2. The minimum absolute atomic E-state index is 0.188. The van der Waals surface area contributed by atoms with E-state index in [0.717, 1.165) is 37.6 Å². The van der Waals surface area contributed by atoms with Gasteiger partial charge in [0, 0.05) is 6.20 Å². The van der Waals surface area contributed by atoms with Crippen LogP contribution in [0.25, 0.3) is 0 Å². The molecule has 2 aromatic rings. The highest BCUT2D eigenvalue weighted by Crippen LogP contribution is 2.27. The zero-order valence-corrected chi connectivity index (χ0v) is 14.9. The van der Waals surface area contributed by atoms with Crippen LogP contribution >= 0.6 is 23.2 Å². The number of piperazine rings is 1. The smallest absolute Gasteiger partial charge is 0.257 e. The highest BCUT2D eigenvalue weighted by atomic mass is 35.5. The number of rotatable bonds is 3. The number of carbonyl (C=O) groups excluding carboxylic acids is 1. The van der Waals surface area contributed by atoms with Gasteiger partial charge in [0.1, 0.15) is 5.15 Å². The van der Waals surface area contributed by atoms with Gasteiger partial charge in [0.25, 0.3) is 5.91 Å². The fourth-order valence-electron chi connectivity index (χ4n) is 2.72. The lowest BCUT2D eigenvalue weighted by molar-refractivity contribution is -0.880. The summed E-state index contributed by atoms with van der Waals surface area (Å²) in [7, 11) is 2.20. The Morgan fingerprint density at radius 2 is 1.96 bits per heavy atom. The molecule has 2 heterocycles. The van der Waals surface area contributed by atoms with Crippen LogP contribution in [-0.4, -0.2) is 44.1 Å². The number of hydrogen-bond donors (Lipinski definition) is 2. The molecule has 1 aliphatic heterocycles. The molecule has 24 heavy (non-hydrogen) atoms. The third kappa shape index (κ3) is 3.80. The number of quaternary nitrogens is 1. The first-order valence-corrected chi connectivity index (χ1v) is 8.58. The Hall–Kier alpha value is -1.82. The van der Waals surface area contributed by atoms with Crippen LogP contribution in [0.15, 0.2) is 36.5 Å². The zero-order valence-electron chi connectivity index (χ0n) is 13.4. The molecule has 1 amide bonds. The summed E-state index contributed by atoms with van der Waals surface area (Å²) in [5, 5.41) is 3.40. The Balaban J connectivity index is 1.80. The molecule has 1 fully saturated rings. The van der Waals surface area contributed by atoms with Gasteiger partial charge in [-0.15, -0.1) is 0 Å². The van der Waals surface area contributed by atoms with Crippen molar-refractivity contribution >= 4 is 40.5 Å². The fourth-order valence-corrected chi connectivity index (χ4v) is 2.99. The molecule has 0 unspecified atom stereocenters. The topological polar surface area (TPSA) is 49.7 Å². The largest absolute Gasteiger partial charge is 0.359 e.